The van der Waals surface area contributed by atoms with Gasteiger partial charge in [0.1, 0.15) is 5.75 Å². The third-order valence-electron chi connectivity index (χ3n) is 4.49. The van der Waals surface area contributed by atoms with Gasteiger partial charge in [0.05, 0.1) is 12.7 Å². The van der Waals surface area contributed by atoms with E-state index in [1.54, 1.807) is 19.1 Å². The number of amides is 1. The average Bonchev–Trinajstić information content (AvgIpc) is 2.65. The van der Waals surface area contributed by atoms with Gasteiger partial charge in [0.15, 0.2) is 0 Å². The molecule has 27 heavy (non-hydrogen) atoms. The molecule has 0 heterocycles. The second-order valence-corrected chi connectivity index (χ2v) is 7.46. The highest BCUT2D eigenvalue weighted by molar-refractivity contribution is 5.94. The fourth-order valence-corrected chi connectivity index (χ4v) is 2.91. The van der Waals surface area contributed by atoms with Crippen molar-refractivity contribution in [3.63, 3.8) is 0 Å². The minimum Gasteiger partial charge on any atom is -0.494 e. The monoisotopic (exact) mass is 369 g/mol. The van der Waals surface area contributed by atoms with Crippen LogP contribution in [0.5, 0.6) is 5.75 Å². The Morgan fingerprint density at radius 3 is 2.30 bits per heavy atom. The van der Waals surface area contributed by atoms with Crippen molar-refractivity contribution in [3.8, 4) is 5.75 Å². The van der Waals surface area contributed by atoms with Crippen LogP contribution in [0.4, 0.5) is 0 Å². The molecule has 2 atom stereocenters. The second kappa shape index (κ2) is 10.7. The van der Waals surface area contributed by atoms with Gasteiger partial charge in [-0.05, 0) is 55.5 Å². The largest absolute Gasteiger partial charge is 0.494 e. The van der Waals surface area contributed by atoms with Crippen LogP contribution in [-0.2, 0) is 0 Å². The quantitative estimate of drug-likeness (QED) is 0.653. The van der Waals surface area contributed by atoms with E-state index in [1.807, 2.05) is 42.5 Å². The number of aliphatic hydroxyl groups is 1. The third kappa shape index (κ3) is 7.43. The lowest BCUT2D eigenvalue weighted by molar-refractivity contribution is 0.0945. The Hall–Kier alpha value is -2.33. The smallest absolute Gasteiger partial charge is 0.251 e. The molecule has 1 amide bonds. The minimum atomic E-state index is -0.422. The van der Waals surface area contributed by atoms with E-state index in [0.29, 0.717) is 31.1 Å². The summed E-state index contributed by atoms with van der Waals surface area (Å²) < 4.78 is 5.69. The van der Waals surface area contributed by atoms with Crippen LogP contribution in [0.1, 0.15) is 55.5 Å². The van der Waals surface area contributed by atoms with Crippen LogP contribution in [0.2, 0.25) is 0 Å². The minimum absolute atomic E-state index is 0.0776. The van der Waals surface area contributed by atoms with E-state index in [2.05, 4.69) is 19.2 Å². The molecular formula is C23H31NO3. The maximum absolute atomic E-state index is 12.5. The Morgan fingerprint density at radius 2 is 1.70 bits per heavy atom. The molecule has 4 nitrogen and oxygen atoms in total. The molecule has 2 rings (SSSR count). The molecule has 0 aliphatic carbocycles. The van der Waals surface area contributed by atoms with Crippen LogP contribution in [0.25, 0.3) is 0 Å². The van der Waals surface area contributed by atoms with Gasteiger partial charge in [-0.25, -0.2) is 0 Å². The Kier molecular flexibility index (Phi) is 8.34. The average molecular weight is 370 g/mol. The first-order valence-corrected chi connectivity index (χ1v) is 9.69. The van der Waals surface area contributed by atoms with Gasteiger partial charge in [-0.15, -0.1) is 0 Å². The van der Waals surface area contributed by atoms with Crippen LogP contribution >= 0.6 is 0 Å². The molecule has 0 unspecified atom stereocenters. The van der Waals surface area contributed by atoms with Crippen LogP contribution in [0.15, 0.2) is 54.6 Å². The molecule has 0 aliphatic rings. The number of hydrogen-bond acceptors (Lipinski definition) is 3. The lowest BCUT2D eigenvalue weighted by Gasteiger charge is -2.19. The van der Waals surface area contributed by atoms with E-state index in [4.69, 9.17) is 4.74 Å². The number of rotatable bonds is 10. The van der Waals surface area contributed by atoms with Gasteiger partial charge in [0.2, 0.25) is 0 Å². The van der Waals surface area contributed by atoms with Gasteiger partial charge in [-0.1, -0.05) is 44.2 Å². The van der Waals surface area contributed by atoms with E-state index in [0.717, 1.165) is 17.7 Å². The number of carbonyl (C=O) groups is 1. The van der Waals surface area contributed by atoms with Crippen LogP contribution < -0.4 is 10.1 Å². The summed E-state index contributed by atoms with van der Waals surface area (Å²) >= 11 is 0. The van der Waals surface area contributed by atoms with Crippen molar-refractivity contribution in [1.29, 1.82) is 0 Å². The molecule has 0 aromatic heterocycles. The first kappa shape index (κ1) is 21.0. The van der Waals surface area contributed by atoms with Crippen LogP contribution in [-0.4, -0.2) is 30.3 Å². The fourth-order valence-electron chi connectivity index (χ4n) is 2.91. The van der Waals surface area contributed by atoms with Crippen molar-refractivity contribution in [2.75, 3.05) is 13.2 Å². The third-order valence-corrected chi connectivity index (χ3v) is 4.49. The van der Waals surface area contributed by atoms with Crippen molar-refractivity contribution >= 4 is 5.91 Å². The number of carbonyl (C=O) groups excluding carboxylic acids is 1. The zero-order valence-electron chi connectivity index (χ0n) is 16.5. The molecule has 0 bridgehead atoms. The Bertz CT molecular complexity index is 681. The SMILES string of the molecule is CC(C)CCOc1ccc(C(=O)NC[C@@H](C[C@H](C)O)c2ccccc2)cc1. The highest BCUT2D eigenvalue weighted by atomic mass is 16.5. The summed E-state index contributed by atoms with van der Waals surface area (Å²) in [6, 6.07) is 17.2. The molecule has 2 aromatic carbocycles. The van der Waals surface area contributed by atoms with Gasteiger partial charge >= 0.3 is 0 Å². The second-order valence-electron chi connectivity index (χ2n) is 7.46. The predicted molar refractivity (Wildman–Crippen MR) is 109 cm³/mol. The summed E-state index contributed by atoms with van der Waals surface area (Å²) in [5.41, 5.74) is 1.72. The molecule has 0 saturated carbocycles. The maximum atomic E-state index is 12.5. The lowest BCUT2D eigenvalue weighted by Crippen LogP contribution is -2.29. The summed E-state index contributed by atoms with van der Waals surface area (Å²) in [5, 5.41) is 12.8. The normalized spacial score (nSPS) is 13.2. The van der Waals surface area contributed by atoms with Crippen molar-refractivity contribution in [2.45, 2.75) is 45.6 Å². The fraction of sp³-hybridized carbons (Fsp3) is 0.435. The first-order valence-electron chi connectivity index (χ1n) is 9.69. The molecule has 146 valence electrons. The number of nitrogens with one attached hydrogen (secondary N) is 1. The van der Waals surface area contributed by atoms with Crippen LogP contribution in [0.3, 0.4) is 0 Å². The number of ether oxygens (including phenoxy) is 1. The standard InChI is InChI=1S/C23H31NO3/c1-17(2)13-14-27-22-11-9-20(10-12-22)23(26)24-16-21(15-18(3)25)19-7-5-4-6-8-19/h4-12,17-18,21,25H,13-16H2,1-3H3,(H,24,26)/t18-,21+/m0/s1. The van der Waals surface area contributed by atoms with Gasteiger partial charge < -0.3 is 15.2 Å². The Balaban J connectivity index is 1.91. The Labute approximate surface area is 162 Å². The number of benzene rings is 2. The number of aliphatic hydroxyl groups excluding tert-OH is 1. The summed E-state index contributed by atoms with van der Waals surface area (Å²) in [4.78, 5) is 12.5. The molecule has 2 N–H and O–H groups in total. The highest BCUT2D eigenvalue weighted by Crippen LogP contribution is 2.21. The lowest BCUT2D eigenvalue weighted by atomic mass is 9.93. The Morgan fingerprint density at radius 1 is 1.04 bits per heavy atom. The van der Waals surface area contributed by atoms with Gasteiger partial charge in [-0.2, -0.15) is 0 Å². The number of hydrogen-bond donors (Lipinski definition) is 2. The molecule has 0 fully saturated rings. The topological polar surface area (TPSA) is 58.6 Å². The molecule has 0 spiro atoms. The predicted octanol–water partition coefficient (Wildman–Crippen LogP) is 4.40. The molecule has 4 heteroatoms. The summed E-state index contributed by atoms with van der Waals surface area (Å²) in [6.07, 6.45) is 1.19. The van der Waals surface area contributed by atoms with Crippen molar-refractivity contribution in [1.82, 2.24) is 5.32 Å². The van der Waals surface area contributed by atoms with Gasteiger partial charge in [-0.3, -0.25) is 4.79 Å². The zero-order valence-corrected chi connectivity index (χ0v) is 16.5. The molecule has 0 saturated heterocycles. The van der Waals surface area contributed by atoms with Crippen molar-refractivity contribution in [3.05, 3.63) is 65.7 Å². The highest BCUT2D eigenvalue weighted by Gasteiger charge is 2.16. The molecular weight excluding hydrogens is 338 g/mol. The van der Waals surface area contributed by atoms with E-state index in [9.17, 15) is 9.90 Å². The van der Waals surface area contributed by atoms with Crippen LogP contribution in [0, 0.1) is 5.92 Å². The van der Waals surface area contributed by atoms with Crippen molar-refractivity contribution < 1.29 is 14.6 Å². The molecule has 2 aromatic rings. The van der Waals surface area contributed by atoms with E-state index >= 15 is 0 Å². The zero-order chi connectivity index (χ0) is 19.6. The van der Waals surface area contributed by atoms with Gasteiger partial charge in [0, 0.05) is 18.0 Å². The van der Waals surface area contributed by atoms with Gasteiger partial charge in [0.25, 0.3) is 5.91 Å². The summed E-state index contributed by atoms with van der Waals surface area (Å²) in [7, 11) is 0. The summed E-state index contributed by atoms with van der Waals surface area (Å²) in [6.45, 7) is 7.27. The first-order chi connectivity index (χ1) is 13.0. The maximum Gasteiger partial charge on any atom is 0.251 e. The van der Waals surface area contributed by atoms with Crippen molar-refractivity contribution in [2.24, 2.45) is 5.92 Å². The van der Waals surface area contributed by atoms with E-state index in [1.165, 1.54) is 0 Å². The molecule has 0 aliphatic heterocycles. The van der Waals surface area contributed by atoms with E-state index < -0.39 is 6.10 Å². The summed E-state index contributed by atoms with van der Waals surface area (Å²) in [5.74, 6) is 1.35. The molecule has 0 radical (unpaired) electrons. The van der Waals surface area contributed by atoms with E-state index in [-0.39, 0.29) is 11.8 Å².